The summed E-state index contributed by atoms with van der Waals surface area (Å²) in [6.07, 6.45) is 0.601. The highest BCUT2D eigenvalue weighted by molar-refractivity contribution is 5.87. The molecule has 0 radical (unpaired) electrons. The molecule has 0 saturated carbocycles. The molecule has 1 aromatic rings. The van der Waals surface area contributed by atoms with E-state index in [2.05, 4.69) is 10.5 Å². The number of hydrogen-bond acceptors (Lipinski definition) is 3. The number of nitrogens with one attached hydrogen (secondary N) is 1. The van der Waals surface area contributed by atoms with Crippen molar-refractivity contribution in [2.75, 3.05) is 5.32 Å². The Morgan fingerprint density at radius 2 is 2.27 bits per heavy atom. The van der Waals surface area contributed by atoms with E-state index >= 15 is 0 Å². The van der Waals surface area contributed by atoms with Crippen molar-refractivity contribution in [1.82, 2.24) is 0 Å². The van der Waals surface area contributed by atoms with E-state index in [0.717, 1.165) is 0 Å². The molecule has 0 aliphatic rings. The minimum absolute atomic E-state index is 0.0424. The van der Waals surface area contributed by atoms with Gasteiger partial charge in [0.1, 0.15) is 5.82 Å². The SMILES string of the molecule is CCC(Nc1ccccc1F)C(N)=NO. The summed E-state index contributed by atoms with van der Waals surface area (Å²) in [5.74, 6) is -0.317. The van der Waals surface area contributed by atoms with Gasteiger partial charge in [0, 0.05) is 0 Å². The molecule has 82 valence electrons. The van der Waals surface area contributed by atoms with E-state index in [1.54, 1.807) is 18.2 Å². The first-order valence-electron chi connectivity index (χ1n) is 4.67. The van der Waals surface area contributed by atoms with E-state index in [9.17, 15) is 4.39 Å². The Hall–Kier alpha value is -1.78. The second-order valence-electron chi connectivity index (χ2n) is 3.11. The molecule has 1 aromatic carbocycles. The number of oxime groups is 1. The van der Waals surface area contributed by atoms with Gasteiger partial charge in [0.25, 0.3) is 0 Å². The van der Waals surface area contributed by atoms with Crippen molar-refractivity contribution in [3.63, 3.8) is 0 Å². The number of rotatable bonds is 4. The minimum Gasteiger partial charge on any atom is -0.409 e. The van der Waals surface area contributed by atoms with Gasteiger partial charge >= 0.3 is 0 Å². The second kappa shape index (κ2) is 5.19. The van der Waals surface area contributed by atoms with Crippen LogP contribution in [0.15, 0.2) is 29.4 Å². The number of nitrogens with two attached hydrogens (primary N) is 1. The molecular weight excluding hydrogens is 197 g/mol. The molecule has 1 atom stereocenters. The highest BCUT2D eigenvalue weighted by Gasteiger charge is 2.12. The zero-order valence-electron chi connectivity index (χ0n) is 8.44. The topological polar surface area (TPSA) is 70.6 Å². The highest BCUT2D eigenvalue weighted by Crippen LogP contribution is 2.14. The van der Waals surface area contributed by atoms with Crippen LogP contribution in [0, 0.1) is 5.82 Å². The molecule has 0 aliphatic carbocycles. The number of anilines is 1. The Morgan fingerprint density at radius 3 is 2.80 bits per heavy atom. The van der Waals surface area contributed by atoms with Crippen LogP contribution >= 0.6 is 0 Å². The van der Waals surface area contributed by atoms with Crippen LogP contribution in [0.25, 0.3) is 0 Å². The smallest absolute Gasteiger partial charge is 0.161 e. The van der Waals surface area contributed by atoms with Gasteiger partial charge in [0.15, 0.2) is 5.84 Å². The Bertz CT molecular complexity index is 354. The normalized spacial score (nSPS) is 13.6. The molecule has 15 heavy (non-hydrogen) atoms. The third-order valence-electron chi connectivity index (χ3n) is 2.08. The zero-order valence-corrected chi connectivity index (χ0v) is 8.44. The first kappa shape index (κ1) is 11.3. The van der Waals surface area contributed by atoms with Gasteiger partial charge in [-0.15, -0.1) is 0 Å². The third kappa shape index (κ3) is 2.83. The number of nitrogens with zero attached hydrogens (tertiary/aromatic N) is 1. The summed E-state index contributed by atoms with van der Waals surface area (Å²) < 4.78 is 13.2. The molecule has 0 aliphatic heterocycles. The quantitative estimate of drug-likeness (QED) is 0.307. The van der Waals surface area contributed by atoms with Gasteiger partial charge in [-0.1, -0.05) is 24.2 Å². The van der Waals surface area contributed by atoms with Crippen LogP contribution in [0.4, 0.5) is 10.1 Å². The summed E-state index contributed by atoms with van der Waals surface area (Å²) >= 11 is 0. The van der Waals surface area contributed by atoms with Crippen molar-refractivity contribution in [2.45, 2.75) is 19.4 Å². The van der Waals surface area contributed by atoms with Gasteiger partial charge in [0.2, 0.25) is 0 Å². The largest absolute Gasteiger partial charge is 0.409 e. The molecule has 0 heterocycles. The molecule has 0 aromatic heterocycles. The maximum Gasteiger partial charge on any atom is 0.161 e. The van der Waals surface area contributed by atoms with E-state index < -0.39 is 0 Å². The highest BCUT2D eigenvalue weighted by atomic mass is 19.1. The van der Waals surface area contributed by atoms with Gasteiger partial charge in [0.05, 0.1) is 11.7 Å². The fourth-order valence-electron chi connectivity index (χ4n) is 1.22. The van der Waals surface area contributed by atoms with Gasteiger partial charge in [-0.3, -0.25) is 0 Å². The molecule has 0 amide bonds. The zero-order chi connectivity index (χ0) is 11.3. The van der Waals surface area contributed by atoms with Crippen LogP contribution in [0.1, 0.15) is 13.3 Å². The van der Waals surface area contributed by atoms with E-state index in [0.29, 0.717) is 12.1 Å². The van der Waals surface area contributed by atoms with Crippen LogP contribution in [0.5, 0.6) is 0 Å². The van der Waals surface area contributed by atoms with Crippen molar-refractivity contribution in [3.05, 3.63) is 30.1 Å². The van der Waals surface area contributed by atoms with Crippen molar-refractivity contribution >= 4 is 11.5 Å². The lowest BCUT2D eigenvalue weighted by Gasteiger charge is -2.16. The molecule has 4 N–H and O–H groups in total. The predicted octanol–water partition coefficient (Wildman–Crippen LogP) is 1.76. The Balaban J connectivity index is 2.80. The summed E-state index contributed by atoms with van der Waals surface area (Å²) in [5.41, 5.74) is 5.78. The molecule has 1 unspecified atom stereocenters. The summed E-state index contributed by atoms with van der Waals surface area (Å²) in [7, 11) is 0. The van der Waals surface area contributed by atoms with E-state index in [1.165, 1.54) is 6.07 Å². The van der Waals surface area contributed by atoms with Crippen LogP contribution in [-0.2, 0) is 0 Å². The van der Waals surface area contributed by atoms with E-state index in [4.69, 9.17) is 10.9 Å². The van der Waals surface area contributed by atoms with Crippen LogP contribution in [0.2, 0.25) is 0 Å². The lowest BCUT2D eigenvalue weighted by molar-refractivity contribution is 0.316. The Morgan fingerprint density at radius 1 is 1.60 bits per heavy atom. The van der Waals surface area contributed by atoms with Crippen molar-refractivity contribution in [2.24, 2.45) is 10.9 Å². The van der Waals surface area contributed by atoms with Gasteiger partial charge in [-0.05, 0) is 18.6 Å². The van der Waals surface area contributed by atoms with Gasteiger partial charge < -0.3 is 16.3 Å². The van der Waals surface area contributed by atoms with Crippen LogP contribution in [-0.4, -0.2) is 17.1 Å². The van der Waals surface area contributed by atoms with E-state index in [1.807, 2.05) is 6.92 Å². The first-order valence-corrected chi connectivity index (χ1v) is 4.67. The van der Waals surface area contributed by atoms with Crippen LogP contribution < -0.4 is 11.1 Å². The number of benzene rings is 1. The number of hydrogen-bond donors (Lipinski definition) is 3. The van der Waals surface area contributed by atoms with Crippen molar-refractivity contribution < 1.29 is 9.60 Å². The molecule has 5 heteroatoms. The number of amidine groups is 1. The number of halogens is 1. The lowest BCUT2D eigenvalue weighted by Crippen LogP contribution is -2.35. The molecule has 0 saturated heterocycles. The summed E-state index contributed by atoms with van der Waals surface area (Å²) in [5, 5.41) is 14.3. The molecule has 0 bridgehead atoms. The fraction of sp³-hybridized carbons (Fsp3) is 0.300. The monoisotopic (exact) mass is 211 g/mol. The summed E-state index contributed by atoms with van der Waals surface area (Å²) in [4.78, 5) is 0. The van der Waals surface area contributed by atoms with Crippen molar-refractivity contribution in [3.8, 4) is 0 Å². The van der Waals surface area contributed by atoms with Gasteiger partial charge in [-0.25, -0.2) is 4.39 Å². The molecule has 4 nitrogen and oxygen atoms in total. The standard InChI is InChI=1S/C10H14FN3O/c1-2-8(10(12)14-15)13-9-6-4-3-5-7(9)11/h3-6,8,13,15H,2H2,1H3,(H2,12,14). The minimum atomic E-state index is -0.369. The predicted molar refractivity (Wildman–Crippen MR) is 57.5 cm³/mol. The Kier molecular flexibility index (Phi) is 3.91. The molecule has 0 fully saturated rings. The number of para-hydroxylation sites is 1. The Labute approximate surface area is 87.6 Å². The third-order valence-corrected chi connectivity index (χ3v) is 2.08. The average molecular weight is 211 g/mol. The molecular formula is C10H14FN3O. The van der Waals surface area contributed by atoms with Gasteiger partial charge in [-0.2, -0.15) is 0 Å². The average Bonchev–Trinajstić information content (AvgIpc) is 2.27. The maximum atomic E-state index is 13.2. The van der Waals surface area contributed by atoms with E-state index in [-0.39, 0.29) is 17.7 Å². The molecule has 0 spiro atoms. The summed E-state index contributed by atoms with van der Waals surface area (Å²) in [6, 6.07) is 5.89. The second-order valence-corrected chi connectivity index (χ2v) is 3.11. The maximum absolute atomic E-state index is 13.2. The fourth-order valence-corrected chi connectivity index (χ4v) is 1.22. The van der Waals surface area contributed by atoms with Crippen molar-refractivity contribution in [1.29, 1.82) is 0 Å². The molecule has 1 rings (SSSR count). The van der Waals surface area contributed by atoms with Crippen LogP contribution in [0.3, 0.4) is 0 Å². The lowest BCUT2D eigenvalue weighted by atomic mass is 10.2. The summed E-state index contributed by atoms with van der Waals surface area (Å²) in [6.45, 7) is 1.86. The first-order chi connectivity index (χ1) is 7.19.